The van der Waals surface area contributed by atoms with Gasteiger partial charge in [0.1, 0.15) is 23.0 Å². The molecule has 0 saturated carbocycles. The summed E-state index contributed by atoms with van der Waals surface area (Å²) in [4.78, 5) is 25.1. The van der Waals surface area contributed by atoms with Gasteiger partial charge >= 0.3 is 0 Å². The summed E-state index contributed by atoms with van der Waals surface area (Å²) >= 11 is 0. The summed E-state index contributed by atoms with van der Waals surface area (Å²) in [6.45, 7) is 3.24. The molecule has 10 heteroatoms. The van der Waals surface area contributed by atoms with Gasteiger partial charge in [-0.15, -0.1) is 10.2 Å². The molecule has 172 valence electrons. The van der Waals surface area contributed by atoms with Gasteiger partial charge in [0.05, 0.1) is 11.9 Å². The van der Waals surface area contributed by atoms with Crippen LogP contribution in [-0.4, -0.2) is 57.2 Å². The van der Waals surface area contributed by atoms with Crippen LogP contribution in [0.4, 0.5) is 14.6 Å². The molecule has 1 amide bonds. The number of rotatable bonds is 4. The normalized spacial score (nSPS) is 13.9. The summed E-state index contributed by atoms with van der Waals surface area (Å²) in [5, 5.41) is 8.25. The molecule has 8 nitrogen and oxygen atoms in total. The molecule has 4 aromatic rings. The zero-order valence-electron chi connectivity index (χ0n) is 18.3. The first kappa shape index (κ1) is 21.6. The van der Waals surface area contributed by atoms with Gasteiger partial charge in [0.15, 0.2) is 5.69 Å². The van der Waals surface area contributed by atoms with Crippen LogP contribution in [0.25, 0.3) is 23.0 Å². The maximum Gasteiger partial charge on any atom is 0.268 e. The topological polar surface area (TPSA) is 88.3 Å². The molecule has 3 heterocycles. The molecule has 0 radical (unpaired) electrons. The Morgan fingerprint density at radius 3 is 2.29 bits per heavy atom. The van der Waals surface area contributed by atoms with Crippen LogP contribution < -0.4 is 4.90 Å². The van der Waals surface area contributed by atoms with Crippen LogP contribution in [0.5, 0.6) is 0 Å². The molecule has 0 spiro atoms. The molecule has 0 bridgehead atoms. The van der Waals surface area contributed by atoms with Crippen molar-refractivity contribution in [3.63, 3.8) is 0 Å². The van der Waals surface area contributed by atoms with E-state index in [2.05, 4.69) is 20.2 Å². The fraction of sp³-hybridized carbons (Fsp3) is 0.208. The molecule has 2 aromatic heterocycles. The average Bonchev–Trinajstić information content (AvgIpc) is 3.35. The van der Waals surface area contributed by atoms with Gasteiger partial charge in [0, 0.05) is 31.7 Å². The number of carbonyl (C=O) groups excluding carboxylic acids is 1. The highest BCUT2D eigenvalue weighted by atomic mass is 19.1. The Labute approximate surface area is 193 Å². The molecule has 1 fully saturated rings. The minimum atomic E-state index is -0.865. The van der Waals surface area contributed by atoms with Crippen molar-refractivity contribution in [2.24, 2.45) is 0 Å². The van der Waals surface area contributed by atoms with E-state index in [1.54, 1.807) is 13.1 Å². The molecule has 0 aliphatic carbocycles. The molecular formula is C24H20F2N6O2. The summed E-state index contributed by atoms with van der Waals surface area (Å²) in [7, 11) is 0. The van der Waals surface area contributed by atoms with E-state index >= 15 is 0 Å². The van der Waals surface area contributed by atoms with Gasteiger partial charge < -0.3 is 14.2 Å². The van der Waals surface area contributed by atoms with Crippen molar-refractivity contribution in [1.82, 2.24) is 25.1 Å². The largest absolute Gasteiger partial charge is 0.415 e. The summed E-state index contributed by atoms with van der Waals surface area (Å²) in [6.07, 6.45) is 1.64. The van der Waals surface area contributed by atoms with E-state index in [0.717, 1.165) is 17.7 Å². The van der Waals surface area contributed by atoms with Crippen molar-refractivity contribution in [3.05, 3.63) is 77.6 Å². The second-order valence-electron chi connectivity index (χ2n) is 7.82. The SMILES string of the molecule is Cc1ncc(N2CCN(C(=O)c3c(F)cccc3F)CC2)nc1-c1nnc(-c2ccccc2)o1. The molecule has 1 aliphatic rings. The van der Waals surface area contributed by atoms with E-state index in [1.165, 1.54) is 11.0 Å². The van der Waals surface area contributed by atoms with Gasteiger partial charge in [0.2, 0.25) is 5.89 Å². The van der Waals surface area contributed by atoms with Gasteiger partial charge in [0.25, 0.3) is 11.8 Å². The van der Waals surface area contributed by atoms with Crippen molar-refractivity contribution < 1.29 is 18.0 Å². The summed E-state index contributed by atoms with van der Waals surface area (Å²) < 4.78 is 33.9. The molecule has 0 N–H and O–H groups in total. The van der Waals surface area contributed by atoms with Crippen LogP contribution >= 0.6 is 0 Å². The fourth-order valence-corrected chi connectivity index (χ4v) is 3.81. The lowest BCUT2D eigenvalue weighted by Gasteiger charge is -2.35. The van der Waals surface area contributed by atoms with Gasteiger partial charge in [-0.05, 0) is 31.2 Å². The molecule has 2 aromatic carbocycles. The number of hydrogen-bond acceptors (Lipinski definition) is 7. The number of aryl methyl sites for hydroxylation is 1. The maximum atomic E-state index is 14.0. The highest BCUT2D eigenvalue weighted by molar-refractivity contribution is 5.95. The van der Waals surface area contributed by atoms with Crippen LogP contribution in [0.2, 0.25) is 0 Å². The number of piperazine rings is 1. The number of halogens is 2. The van der Waals surface area contributed by atoms with Crippen molar-refractivity contribution in [1.29, 1.82) is 0 Å². The Bertz CT molecular complexity index is 1320. The van der Waals surface area contributed by atoms with E-state index in [-0.39, 0.29) is 19.0 Å². The molecule has 1 saturated heterocycles. The number of benzene rings is 2. The minimum Gasteiger partial charge on any atom is -0.415 e. The zero-order valence-corrected chi connectivity index (χ0v) is 18.3. The monoisotopic (exact) mass is 462 g/mol. The van der Waals surface area contributed by atoms with E-state index in [4.69, 9.17) is 4.42 Å². The van der Waals surface area contributed by atoms with Crippen LogP contribution in [-0.2, 0) is 0 Å². The standard InChI is InChI=1S/C24H20F2N6O2/c1-15-21(23-30-29-22(34-23)16-6-3-2-4-7-16)28-19(14-27-15)31-10-12-32(13-11-31)24(33)20-17(25)8-5-9-18(20)26/h2-9,14H,10-13H2,1H3. The highest BCUT2D eigenvalue weighted by Crippen LogP contribution is 2.26. The maximum absolute atomic E-state index is 14.0. The summed E-state index contributed by atoms with van der Waals surface area (Å²) in [5.74, 6) is -1.16. The van der Waals surface area contributed by atoms with Crippen LogP contribution in [0.3, 0.4) is 0 Å². The second kappa shape index (κ2) is 8.97. The number of anilines is 1. The number of nitrogens with zero attached hydrogens (tertiary/aromatic N) is 6. The van der Waals surface area contributed by atoms with Crippen molar-refractivity contribution >= 4 is 11.7 Å². The van der Waals surface area contributed by atoms with Gasteiger partial charge in [-0.2, -0.15) is 0 Å². The van der Waals surface area contributed by atoms with Gasteiger partial charge in [-0.1, -0.05) is 24.3 Å². The lowest BCUT2D eigenvalue weighted by Crippen LogP contribution is -2.49. The quantitative estimate of drug-likeness (QED) is 0.457. The van der Waals surface area contributed by atoms with E-state index in [0.29, 0.717) is 36.2 Å². The summed E-state index contributed by atoms with van der Waals surface area (Å²) in [6, 6.07) is 12.8. The van der Waals surface area contributed by atoms with Crippen molar-refractivity contribution in [2.75, 3.05) is 31.1 Å². The lowest BCUT2D eigenvalue weighted by atomic mass is 10.1. The van der Waals surface area contributed by atoms with Crippen molar-refractivity contribution in [3.8, 4) is 23.0 Å². The number of carbonyl (C=O) groups is 1. The Kier molecular flexibility index (Phi) is 5.70. The predicted octanol–water partition coefficient (Wildman–Crippen LogP) is 3.74. The zero-order chi connectivity index (χ0) is 23.7. The van der Waals surface area contributed by atoms with Crippen LogP contribution in [0.1, 0.15) is 16.1 Å². The highest BCUT2D eigenvalue weighted by Gasteiger charge is 2.27. The first-order chi connectivity index (χ1) is 16.5. The number of aromatic nitrogens is 4. The molecule has 34 heavy (non-hydrogen) atoms. The predicted molar refractivity (Wildman–Crippen MR) is 120 cm³/mol. The van der Waals surface area contributed by atoms with Crippen molar-refractivity contribution in [2.45, 2.75) is 6.92 Å². The van der Waals surface area contributed by atoms with Crippen LogP contribution in [0, 0.1) is 18.6 Å². The molecule has 1 aliphatic heterocycles. The minimum absolute atomic E-state index is 0.259. The lowest BCUT2D eigenvalue weighted by molar-refractivity contribution is 0.0736. The van der Waals surface area contributed by atoms with Gasteiger partial charge in [-0.25, -0.2) is 13.8 Å². The Morgan fingerprint density at radius 1 is 0.912 bits per heavy atom. The van der Waals surface area contributed by atoms with Crippen LogP contribution in [0.15, 0.2) is 59.1 Å². The number of amides is 1. The fourth-order valence-electron chi connectivity index (χ4n) is 3.81. The Hall–Kier alpha value is -4.21. The third-order valence-electron chi connectivity index (χ3n) is 5.66. The molecular weight excluding hydrogens is 442 g/mol. The number of hydrogen-bond donors (Lipinski definition) is 0. The Balaban J connectivity index is 1.32. The smallest absolute Gasteiger partial charge is 0.268 e. The van der Waals surface area contributed by atoms with E-state index < -0.39 is 23.1 Å². The van der Waals surface area contributed by atoms with Gasteiger partial charge in [-0.3, -0.25) is 9.78 Å². The first-order valence-electron chi connectivity index (χ1n) is 10.7. The summed E-state index contributed by atoms with van der Waals surface area (Å²) in [5.41, 5.74) is 1.38. The third-order valence-corrected chi connectivity index (χ3v) is 5.66. The van der Waals surface area contributed by atoms with E-state index in [1.807, 2.05) is 35.2 Å². The molecule has 0 atom stereocenters. The second-order valence-corrected chi connectivity index (χ2v) is 7.82. The Morgan fingerprint density at radius 2 is 1.59 bits per heavy atom. The van der Waals surface area contributed by atoms with E-state index in [9.17, 15) is 13.6 Å². The molecule has 0 unspecified atom stereocenters. The third kappa shape index (κ3) is 4.09. The average molecular weight is 462 g/mol. The molecule has 5 rings (SSSR count). The first-order valence-corrected chi connectivity index (χ1v) is 10.7.